The zero-order valence-electron chi connectivity index (χ0n) is 11.2. The first-order valence-electron chi connectivity index (χ1n) is 5.91. The molecule has 1 atom stereocenters. The van der Waals surface area contributed by atoms with Gasteiger partial charge in [-0.1, -0.05) is 6.07 Å². The molecule has 0 aliphatic heterocycles. The number of nitrogen functional groups attached to an aromatic ring is 1. The molecule has 0 aliphatic rings. The van der Waals surface area contributed by atoms with Crippen LogP contribution in [-0.4, -0.2) is 31.6 Å². The van der Waals surface area contributed by atoms with E-state index in [-0.39, 0.29) is 17.9 Å². The molecule has 3 N–H and O–H groups in total. The number of hydrogen-bond acceptors (Lipinski definition) is 5. The molecule has 1 aromatic rings. The van der Waals surface area contributed by atoms with E-state index >= 15 is 0 Å². The van der Waals surface area contributed by atoms with Crippen molar-refractivity contribution in [2.24, 2.45) is 0 Å². The van der Waals surface area contributed by atoms with Crippen LogP contribution >= 0.6 is 0 Å². The van der Waals surface area contributed by atoms with Gasteiger partial charge in [-0.3, -0.25) is 4.79 Å². The minimum absolute atomic E-state index is 0.209. The number of amides is 1. The zero-order valence-corrected chi connectivity index (χ0v) is 11.2. The van der Waals surface area contributed by atoms with E-state index in [0.29, 0.717) is 5.75 Å². The Morgan fingerprint density at radius 2 is 2.11 bits per heavy atom. The molecular weight excluding hydrogens is 248 g/mol. The molecule has 1 aromatic carbocycles. The molecule has 19 heavy (non-hydrogen) atoms. The minimum Gasteiger partial charge on any atom is -0.496 e. The SMILES string of the molecule is CCOC(=O)C(C)NC(=O)c1c(N)cccc1OC. The van der Waals surface area contributed by atoms with Crippen molar-refractivity contribution in [2.75, 3.05) is 19.5 Å². The third-order valence-electron chi connectivity index (χ3n) is 2.49. The fourth-order valence-corrected chi connectivity index (χ4v) is 1.56. The molecule has 0 spiro atoms. The summed E-state index contributed by atoms with van der Waals surface area (Å²) in [5.41, 5.74) is 6.25. The Hall–Kier alpha value is -2.24. The van der Waals surface area contributed by atoms with Crippen LogP contribution < -0.4 is 15.8 Å². The highest BCUT2D eigenvalue weighted by Gasteiger charge is 2.21. The summed E-state index contributed by atoms with van der Waals surface area (Å²) in [5, 5.41) is 2.52. The van der Waals surface area contributed by atoms with Gasteiger partial charge in [0.1, 0.15) is 17.4 Å². The summed E-state index contributed by atoms with van der Waals surface area (Å²) in [5.74, 6) is -0.617. The van der Waals surface area contributed by atoms with Gasteiger partial charge < -0.3 is 20.5 Å². The summed E-state index contributed by atoms with van der Waals surface area (Å²) in [6.45, 7) is 3.50. The topological polar surface area (TPSA) is 90.7 Å². The Morgan fingerprint density at radius 1 is 1.42 bits per heavy atom. The van der Waals surface area contributed by atoms with Crippen molar-refractivity contribution in [3.63, 3.8) is 0 Å². The first-order chi connectivity index (χ1) is 9.01. The normalized spacial score (nSPS) is 11.5. The van der Waals surface area contributed by atoms with Gasteiger partial charge in [-0.05, 0) is 26.0 Å². The lowest BCUT2D eigenvalue weighted by molar-refractivity contribution is -0.144. The Balaban J connectivity index is 2.87. The number of carbonyl (C=O) groups is 2. The van der Waals surface area contributed by atoms with E-state index in [4.69, 9.17) is 15.2 Å². The largest absolute Gasteiger partial charge is 0.496 e. The molecule has 0 radical (unpaired) electrons. The van der Waals surface area contributed by atoms with Crippen molar-refractivity contribution in [1.29, 1.82) is 0 Å². The number of rotatable bonds is 5. The van der Waals surface area contributed by atoms with Gasteiger partial charge in [-0.25, -0.2) is 4.79 Å². The zero-order chi connectivity index (χ0) is 14.4. The van der Waals surface area contributed by atoms with Crippen LogP contribution in [0.1, 0.15) is 24.2 Å². The van der Waals surface area contributed by atoms with Crippen molar-refractivity contribution >= 4 is 17.6 Å². The van der Waals surface area contributed by atoms with Gasteiger partial charge in [0.05, 0.1) is 13.7 Å². The second-order valence-electron chi connectivity index (χ2n) is 3.87. The highest BCUT2D eigenvalue weighted by atomic mass is 16.5. The predicted octanol–water partition coefficient (Wildman–Crippen LogP) is 0.959. The van der Waals surface area contributed by atoms with E-state index < -0.39 is 17.9 Å². The standard InChI is InChI=1S/C13H18N2O4/c1-4-19-13(17)8(2)15-12(16)11-9(14)6-5-7-10(11)18-3/h5-8H,4,14H2,1-3H3,(H,15,16). The lowest BCUT2D eigenvalue weighted by Crippen LogP contribution is -2.39. The van der Waals surface area contributed by atoms with Crippen molar-refractivity contribution in [3.05, 3.63) is 23.8 Å². The second-order valence-corrected chi connectivity index (χ2v) is 3.87. The molecule has 6 nitrogen and oxygen atoms in total. The number of carbonyl (C=O) groups excluding carboxylic acids is 2. The summed E-state index contributed by atoms with van der Waals surface area (Å²) in [6.07, 6.45) is 0. The maximum Gasteiger partial charge on any atom is 0.328 e. The average molecular weight is 266 g/mol. The summed E-state index contributed by atoms with van der Waals surface area (Å²) < 4.78 is 9.89. The van der Waals surface area contributed by atoms with Crippen molar-refractivity contribution in [3.8, 4) is 5.75 Å². The minimum atomic E-state index is -0.753. The summed E-state index contributed by atoms with van der Waals surface area (Å²) in [4.78, 5) is 23.5. The van der Waals surface area contributed by atoms with E-state index in [1.165, 1.54) is 7.11 Å². The molecule has 1 amide bonds. The molecule has 1 rings (SSSR count). The number of nitrogens with one attached hydrogen (secondary N) is 1. The molecular formula is C13H18N2O4. The second kappa shape index (κ2) is 6.63. The quantitative estimate of drug-likeness (QED) is 0.612. The Labute approximate surface area is 111 Å². The van der Waals surface area contributed by atoms with Crippen molar-refractivity contribution in [1.82, 2.24) is 5.32 Å². The molecule has 0 bridgehead atoms. The first kappa shape index (κ1) is 14.8. The van der Waals surface area contributed by atoms with E-state index in [9.17, 15) is 9.59 Å². The van der Waals surface area contributed by atoms with E-state index in [0.717, 1.165) is 0 Å². The van der Waals surface area contributed by atoms with Crippen LogP contribution in [0.3, 0.4) is 0 Å². The lowest BCUT2D eigenvalue weighted by Gasteiger charge is -2.15. The van der Waals surface area contributed by atoms with Gasteiger partial charge in [-0.15, -0.1) is 0 Å². The van der Waals surface area contributed by atoms with E-state index in [2.05, 4.69) is 5.32 Å². The number of nitrogens with two attached hydrogens (primary N) is 1. The van der Waals surface area contributed by atoms with Crippen LogP contribution in [0.2, 0.25) is 0 Å². The highest BCUT2D eigenvalue weighted by molar-refractivity contribution is 6.03. The van der Waals surface area contributed by atoms with Crippen molar-refractivity contribution in [2.45, 2.75) is 19.9 Å². The molecule has 0 fully saturated rings. The number of methoxy groups -OCH3 is 1. The number of anilines is 1. The fraction of sp³-hybridized carbons (Fsp3) is 0.385. The van der Waals surface area contributed by atoms with Crippen molar-refractivity contribution < 1.29 is 19.1 Å². The number of hydrogen-bond donors (Lipinski definition) is 2. The Bertz CT molecular complexity index is 474. The molecule has 0 saturated heterocycles. The highest BCUT2D eigenvalue weighted by Crippen LogP contribution is 2.23. The molecule has 1 unspecified atom stereocenters. The summed E-state index contributed by atoms with van der Waals surface area (Å²) in [6, 6.07) is 4.14. The maximum atomic E-state index is 12.1. The van der Waals surface area contributed by atoms with Crippen LogP contribution in [0.5, 0.6) is 5.75 Å². The molecule has 0 saturated carbocycles. The molecule has 6 heteroatoms. The van der Waals surface area contributed by atoms with Gasteiger partial charge in [0.2, 0.25) is 0 Å². The Kier molecular flexibility index (Phi) is 5.17. The van der Waals surface area contributed by atoms with Gasteiger partial charge in [0, 0.05) is 5.69 Å². The molecule has 0 aromatic heterocycles. The summed E-state index contributed by atoms with van der Waals surface area (Å²) in [7, 11) is 1.44. The monoisotopic (exact) mass is 266 g/mol. The summed E-state index contributed by atoms with van der Waals surface area (Å²) >= 11 is 0. The predicted molar refractivity (Wildman–Crippen MR) is 71.0 cm³/mol. The van der Waals surface area contributed by atoms with Gasteiger partial charge in [0.25, 0.3) is 5.91 Å². The van der Waals surface area contributed by atoms with Crippen LogP contribution in [0.25, 0.3) is 0 Å². The Morgan fingerprint density at radius 3 is 2.68 bits per heavy atom. The van der Waals surface area contributed by atoms with Gasteiger partial charge in [-0.2, -0.15) is 0 Å². The van der Waals surface area contributed by atoms with Crippen LogP contribution in [0.15, 0.2) is 18.2 Å². The third kappa shape index (κ3) is 3.61. The van der Waals surface area contributed by atoms with Crippen LogP contribution in [-0.2, 0) is 9.53 Å². The average Bonchev–Trinajstić information content (AvgIpc) is 2.38. The lowest BCUT2D eigenvalue weighted by atomic mass is 10.1. The van der Waals surface area contributed by atoms with E-state index in [1.54, 1.807) is 32.0 Å². The van der Waals surface area contributed by atoms with Crippen LogP contribution in [0.4, 0.5) is 5.69 Å². The molecule has 0 aliphatic carbocycles. The number of benzene rings is 1. The first-order valence-corrected chi connectivity index (χ1v) is 5.91. The molecule has 104 valence electrons. The smallest absolute Gasteiger partial charge is 0.328 e. The van der Waals surface area contributed by atoms with Gasteiger partial charge in [0.15, 0.2) is 0 Å². The number of ether oxygens (including phenoxy) is 2. The van der Waals surface area contributed by atoms with Crippen LogP contribution in [0, 0.1) is 0 Å². The molecule has 0 heterocycles. The van der Waals surface area contributed by atoms with Gasteiger partial charge >= 0.3 is 5.97 Å². The maximum absolute atomic E-state index is 12.1. The van der Waals surface area contributed by atoms with E-state index in [1.807, 2.05) is 0 Å². The fourth-order valence-electron chi connectivity index (χ4n) is 1.56. The number of esters is 1. The third-order valence-corrected chi connectivity index (χ3v) is 2.49.